The minimum atomic E-state index is -0.348. The lowest BCUT2D eigenvalue weighted by atomic mass is 10.1. The average molecular weight is 304 g/mol. The fraction of sp³-hybridized carbons (Fsp3) is 0.214. The highest BCUT2D eigenvalue weighted by molar-refractivity contribution is 7.16. The first-order valence-electron chi connectivity index (χ1n) is 6.38. The monoisotopic (exact) mass is 304 g/mol. The van der Waals surface area contributed by atoms with Crippen LogP contribution in [0.4, 0.5) is 10.2 Å². The third kappa shape index (κ3) is 2.92. The molecule has 0 unspecified atom stereocenters. The SMILES string of the molecule is COc1ccc(CCNc2ncnc3scnc23)cc1F. The zero-order valence-electron chi connectivity index (χ0n) is 11.3. The van der Waals surface area contributed by atoms with E-state index in [-0.39, 0.29) is 11.6 Å². The van der Waals surface area contributed by atoms with E-state index in [9.17, 15) is 4.39 Å². The van der Waals surface area contributed by atoms with Gasteiger partial charge in [-0.15, -0.1) is 11.3 Å². The lowest BCUT2D eigenvalue weighted by Gasteiger charge is -2.07. The molecular formula is C14H13FN4OS. The molecule has 2 aromatic heterocycles. The highest BCUT2D eigenvalue weighted by Crippen LogP contribution is 2.21. The Kier molecular flexibility index (Phi) is 3.92. The van der Waals surface area contributed by atoms with Gasteiger partial charge in [-0.05, 0) is 24.1 Å². The summed E-state index contributed by atoms with van der Waals surface area (Å²) < 4.78 is 18.5. The van der Waals surface area contributed by atoms with E-state index in [2.05, 4.69) is 20.3 Å². The molecule has 0 fully saturated rings. The van der Waals surface area contributed by atoms with Crippen molar-refractivity contribution in [1.29, 1.82) is 0 Å². The van der Waals surface area contributed by atoms with Crippen LogP contribution < -0.4 is 10.1 Å². The zero-order chi connectivity index (χ0) is 14.7. The molecule has 2 heterocycles. The van der Waals surface area contributed by atoms with Gasteiger partial charge in [-0.2, -0.15) is 0 Å². The predicted octanol–water partition coefficient (Wildman–Crippen LogP) is 2.89. The number of rotatable bonds is 5. The van der Waals surface area contributed by atoms with Gasteiger partial charge in [0.1, 0.15) is 16.7 Å². The van der Waals surface area contributed by atoms with Crippen LogP contribution in [-0.2, 0) is 6.42 Å². The van der Waals surface area contributed by atoms with Crippen molar-refractivity contribution < 1.29 is 9.13 Å². The van der Waals surface area contributed by atoms with Crippen molar-refractivity contribution in [3.63, 3.8) is 0 Å². The van der Waals surface area contributed by atoms with Crippen molar-refractivity contribution >= 4 is 27.5 Å². The first kappa shape index (κ1) is 13.7. The lowest BCUT2D eigenvalue weighted by molar-refractivity contribution is 0.386. The Morgan fingerprint density at radius 3 is 3.00 bits per heavy atom. The van der Waals surface area contributed by atoms with E-state index >= 15 is 0 Å². The zero-order valence-corrected chi connectivity index (χ0v) is 12.2. The highest BCUT2D eigenvalue weighted by Gasteiger charge is 2.06. The number of ether oxygens (including phenoxy) is 1. The molecular weight excluding hydrogens is 291 g/mol. The van der Waals surface area contributed by atoms with E-state index in [1.54, 1.807) is 11.6 Å². The quantitative estimate of drug-likeness (QED) is 0.785. The van der Waals surface area contributed by atoms with E-state index in [0.717, 1.165) is 15.9 Å². The molecule has 5 nitrogen and oxygen atoms in total. The van der Waals surface area contributed by atoms with Gasteiger partial charge in [0.2, 0.25) is 0 Å². The summed E-state index contributed by atoms with van der Waals surface area (Å²) in [5.74, 6) is 0.612. The number of anilines is 1. The number of benzene rings is 1. The summed E-state index contributed by atoms with van der Waals surface area (Å²) in [6, 6.07) is 4.97. The van der Waals surface area contributed by atoms with Crippen molar-refractivity contribution in [3.8, 4) is 5.75 Å². The molecule has 0 amide bonds. The molecule has 0 aliphatic heterocycles. The number of methoxy groups -OCH3 is 1. The second kappa shape index (κ2) is 6.01. The van der Waals surface area contributed by atoms with Gasteiger partial charge in [-0.25, -0.2) is 19.3 Å². The van der Waals surface area contributed by atoms with E-state index in [1.807, 2.05) is 6.07 Å². The molecule has 1 aromatic carbocycles. The van der Waals surface area contributed by atoms with E-state index in [1.165, 1.54) is 30.8 Å². The molecule has 0 aliphatic carbocycles. The topological polar surface area (TPSA) is 59.9 Å². The maximum absolute atomic E-state index is 13.6. The molecule has 0 bridgehead atoms. The van der Waals surface area contributed by atoms with Crippen molar-refractivity contribution in [2.45, 2.75) is 6.42 Å². The van der Waals surface area contributed by atoms with E-state index in [0.29, 0.717) is 18.8 Å². The number of nitrogens with zero attached hydrogens (tertiary/aromatic N) is 3. The summed E-state index contributed by atoms with van der Waals surface area (Å²) in [7, 11) is 1.45. The van der Waals surface area contributed by atoms with Crippen LogP contribution in [-0.4, -0.2) is 28.6 Å². The van der Waals surface area contributed by atoms with Crippen LogP contribution in [0.25, 0.3) is 10.3 Å². The minimum absolute atomic E-state index is 0.256. The van der Waals surface area contributed by atoms with Gasteiger partial charge < -0.3 is 10.1 Å². The molecule has 0 atom stereocenters. The van der Waals surface area contributed by atoms with Crippen molar-refractivity contribution in [2.24, 2.45) is 0 Å². The summed E-state index contributed by atoms with van der Waals surface area (Å²) in [4.78, 5) is 13.4. The van der Waals surface area contributed by atoms with Crippen LogP contribution in [0.1, 0.15) is 5.56 Å². The maximum Gasteiger partial charge on any atom is 0.165 e. The van der Waals surface area contributed by atoms with Crippen molar-refractivity contribution in [3.05, 3.63) is 41.4 Å². The van der Waals surface area contributed by atoms with Crippen LogP contribution in [0, 0.1) is 5.82 Å². The third-order valence-corrected chi connectivity index (χ3v) is 3.79. The van der Waals surface area contributed by atoms with Crippen LogP contribution >= 0.6 is 11.3 Å². The first-order chi connectivity index (χ1) is 10.3. The van der Waals surface area contributed by atoms with Gasteiger partial charge in [0.25, 0.3) is 0 Å². The first-order valence-corrected chi connectivity index (χ1v) is 7.26. The molecule has 21 heavy (non-hydrogen) atoms. The normalized spacial score (nSPS) is 10.8. The molecule has 3 rings (SSSR count). The standard InChI is InChI=1S/C14H13FN4OS/c1-20-11-3-2-9(6-10(11)15)4-5-16-13-12-14(18-7-17-13)21-8-19-12/h2-3,6-8H,4-5H2,1H3,(H,16,17,18). The lowest BCUT2D eigenvalue weighted by Crippen LogP contribution is -2.07. The minimum Gasteiger partial charge on any atom is -0.494 e. The molecule has 7 heteroatoms. The van der Waals surface area contributed by atoms with E-state index in [4.69, 9.17) is 4.74 Å². The number of aromatic nitrogens is 3. The van der Waals surface area contributed by atoms with Crippen LogP contribution in [0.5, 0.6) is 5.75 Å². The molecule has 0 spiro atoms. The Hall–Kier alpha value is -2.28. The van der Waals surface area contributed by atoms with Crippen molar-refractivity contribution in [1.82, 2.24) is 15.0 Å². The fourth-order valence-corrected chi connectivity index (χ4v) is 2.64. The van der Waals surface area contributed by atoms with Gasteiger partial charge in [0.05, 0.1) is 12.6 Å². The van der Waals surface area contributed by atoms with Crippen LogP contribution in [0.15, 0.2) is 30.0 Å². The Balaban J connectivity index is 1.66. The number of halogens is 1. The number of fused-ring (bicyclic) bond motifs is 1. The third-order valence-electron chi connectivity index (χ3n) is 3.06. The molecule has 1 N–H and O–H groups in total. The van der Waals surface area contributed by atoms with Gasteiger partial charge in [-0.3, -0.25) is 0 Å². The Morgan fingerprint density at radius 2 is 2.19 bits per heavy atom. The smallest absolute Gasteiger partial charge is 0.165 e. The molecule has 108 valence electrons. The second-order valence-corrected chi connectivity index (χ2v) is 5.21. The van der Waals surface area contributed by atoms with Crippen LogP contribution in [0.2, 0.25) is 0 Å². The Labute approximate surface area is 124 Å². The summed E-state index contributed by atoms with van der Waals surface area (Å²) >= 11 is 1.47. The maximum atomic E-state index is 13.6. The summed E-state index contributed by atoms with van der Waals surface area (Å²) in [5, 5.41) is 3.21. The second-order valence-electron chi connectivity index (χ2n) is 4.37. The summed E-state index contributed by atoms with van der Waals surface area (Å²) in [5.41, 5.74) is 3.40. The highest BCUT2D eigenvalue weighted by atomic mass is 32.1. The Morgan fingerprint density at radius 1 is 1.29 bits per heavy atom. The van der Waals surface area contributed by atoms with E-state index < -0.39 is 0 Å². The number of nitrogens with one attached hydrogen (secondary N) is 1. The molecule has 0 saturated carbocycles. The molecule has 0 radical (unpaired) electrons. The van der Waals surface area contributed by atoms with Gasteiger partial charge in [0.15, 0.2) is 17.4 Å². The Bertz CT molecular complexity index is 762. The number of thiazole rings is 1. The van der Waals surface area contributed by atoms with Crippen molar-refractivity contribution in [2.75, 3.05) is 19.0 Å². The molecule has 3 aromatic rings. The molecule has 0 saturated heterocycles. The average Bonchev–Trinajstić information content (AvgIpc) is 2.97. The fourth-order valence-electron chi connectivity index (χ4n) is 2.01. The largest absolute Gasteiger partial charge is 0.494 e. The summed E-state index contributed by atoms with van der Waals surface area (Å²) in [6.07, 6.45) is 2.19. The van der Waals surface area contributed by atoms with Gasteiger partial charge >= 0.3 is 0 Å². The molecule has 0 aliphatic rings. The predicted molar refractivity (Wildman–Crippen MR) is 80.4 cm³/mol. The summed E-state index contributed by atoms with van der Waals surface area (Å²) in [6.45, 7) is 0.634. The van der Waals surface area contributed by atoms with Gasteiger partial charge in [0, 0.05) is 6.54 Å². The van der Waals surface area contributed by atoms with Gasteiger partial charge in [-0.1, -0.05) is 6.07 Å². The number of hydrogen-bond acceptors (Lipinski definition) is 6. The number of hydrogen-bond donors (Lipinski definition) is 1. The van der Waals surface area contributed by atoms with Crippen LogP contribution in [0.3, 0.4) is 0 Å².